The number of amides is 2. The molecule has 0 bridgehead atoms. The second kappa shape index (κ2) is 5.57. The number of hydrogen-bond acceptors (Lipinski definition) is 4. The van der Waals surface area contributed by atoms with E-state index in [2.05, 4.69) is 10.6 Å². The molecule has 2 aromatic rings. The Morgan fingerprint density at radius 3 is 3.05 bits per heavy atom. The topological polar surface area (TPSA) is 67.4 Å². The Balaban J connectivity index is 1.71. The standard InChI is InChI=1S/C15H14N2O3S/c1-9-15(19)17-12-7-11(2-3-13(12)20-9)16-14(18)6-10-4-5-21-8-10/h2-5,7-9H,6H2,1H3,(H,16,18)(H,17,19). The molecular weight excluding hydrogens is 288 g/mol. The number of ether oxygens (including phenoxy) is 1. The van der Waals surface area contributed by atoms with Gasteiger partial charge in [0.05, 0.1) is 12.1 Å². The quantitative estimate of drug-likeness (QED) is 0.916. The Bertz CT molecular complexity index is 682. The van der Waals surface area contributed by atoms with E-state index in [4.69, 9.17) is 4.74 Å². The van der Waals surface area contributed by atoms with Crippen LogP contribution in [-0.4, -0.2) is 17.9 Å². The number of benzene rings is 1. The monoisotopic (exact) mass is 302 g/mol. The summed E-state index contributed by atoms with van der Waals surface area (Å²) in [5.41, 5.74) is 2.19. The molecule has 5 nitrogen and oxygen atoms in total. The van der Waals surface area contributed by atoms with Crippen molar-refractivity contribution in [3.8, 4) is 5.75 Å². The Kier molecular flexibility index (Phi) is 3.62. The molecule has 0 spiro atoms. The van der Waals surface area contributed by atoms with Gasteiger partial charge in [0.1, 0.15) is 5.75 Å². The molecule has 2 amide bonds. The number of carbonyl (C=O) groups is 2. The van der Waals surface area contributed by atoms with Crippen LogP contribution in [0, 0.1) is 0 Å². The summed E-state index contributed by atoms with van der Waals surface area (Å²) in [7, 11) is 0. The summed E-state index contributed by atoms with van der Waals surface area (Å²) in [6.45, 7) is 1.69. The SMILES string of the molecule is CC1Oc2ccc(NC(=O)Cc3ccsc3)cc2NC1=O. The van der Waals surface area contributed by atoms with Crippen molar-refractivity contribution in [2.24, 2.45) is 0 Å². The van der Waals surface area contributed by atoms with Gasteiger partial charge in [-0.3, -0.25) is 9.59 Å². The molecule has 1 atom stereocenters. The first-order valence-corrected chi connectivity index (χ1v) is 7.48. The number of carbonyl (C=O) groups excluding carboxylic acids is 2. The van der Waals surface area contributed by atoms with Crippen molar-refractivity contribution in [3.05, 3.63) is 40.6 Å². The lowest BCUT2D eigenvalue weighted by atomic mass is 10.2. The highest BCUT2D eigenvalue weighted by Gasteiger charge is 2.23. The van der Waals surface area contributed by atoms with Gasteiger partial charge < -0.3 is 15.4 Å². The van der Waals surface area contributed by atoms with Crippen molar-refractivity contribution in [1.29, 1.82) is 0 Å². The van der Waals surface area contributed by atoms with Crippen LogP contribution in [0.15, 0.2) is 35.0 Å². The second-order valence-electron chi connectivity index (χ2n) is 4.82. The lowest BCUT2D eigenvalue weighted by molar-refractivity contribution is -0.122. The molecule has 2 heterocycles. The van der Waals surface area contributed by atoms with Crippen molar-refractivity contribution in [2.75, 3.05) is 10.6 Å². The maximum absolute atomic E-state index is 11.9. The van der Waals surface area contributed by atoms with E-state index < -0.39 is 6.10 Å². The molecule has 2 N–H and O–H groups in total. The van der Waals surface area contributed by atoms with E-state index in [1.165, 1.54) is 0 Å². The van der Waals surface area contributed by atoms with Crippen LogP contribution in [0.3, 0.4) is 0 Å². The fourth-order valence-electron chi connectivity index (χ4n) is 2.07. The molecule has 0 radical (unpaired) electrons. The van der Waals surface area contributed by atoms with Crippen molar-refractivity contribution in [2.45, 2.75) is 19.4 Å². The summed E-state index contributed by atoms with van der Waals surface area (Å²) >= 11 is 1.56. The summed E-state index contributed by atoms with van der Waals surface area (Å²) < 4.78 is 5.47. The second-order valence-corrected chi connectivity index (χ2v) is 5.60. The minimum atomic E-state index is -0.503. The van der Waals surface area contributed by atoms with Crippen LogP contribution in [0.25, 0.3) is 0 Å². The molecule has 1 aliphatic heterocycles. The molecule has 6 heteroatoms. The zero-order valence-corrected chi connectivity index (χ0v) is 12.2. The number of anilines is 2. The predicted molar refractivity (Wildman–Crippen MR) is 81.8 cm³/mol. The minimum Gasteiger partial charge on any atom is -0.479 e. The number of nitrogens with one attached hydrogen (secondary N) is 2. The van der Waals surface area contributed by atoms with E-state index in [0.29, 0.717) is 23.5 Å². The summed E-state index contributed by atoms with van der Waals surface area (Å²) in [6, 6.07) is 7.12. The molecule has 1 aromatic heterocycles. The van der Waals surface area contributed by atoms with Gasteiger partial charge in [0, 0.05) is 5.69 Å². The van der Waals surface area contributed by atoms with Crippen LogP contribution in [0.1, 0.15) is 12.5 Å². The van der Waals surface area contributed by atoms with Crippen molar-refractivity contribution >= 4 is 34.5 Å². The minimum absolute atomic E-state index is 0.0928. The van der Waals surface area contributed by atoms with Crippen LogP contribution in [0.2, 0.25) is 0 Å². The molecular formula is C15H14N2O3S. The molecule has 0 fully saturated rings. The highest BCUT2D eigenvalue weighted by molar-refractivity contribution is 7.08. The average molecular weight is 302 g/mol. The van der Waals surface area contributed by atoms with Crippen LogP contribution < -0.4 is 15.4 Å². The normalized spacial score (nSPS) is 16.6. The van der Waals surface area contributed by atoms with Crippen LogP contribution in [0.4, 0.5) is 11.4 Å². The van der Waals surface area contributed by atoms with E-state index in [1.54, 1.807) is 36.5 Å². The number of rotatable bonds is 3. The van der Waals surface area contributed by atoms with Crippen LogP contribution in [-0.2, 0) is 16.0 Å². The van der Waals surface area contributed by atoms with Crippen molar-refractivity contribution in [3.63, 3.8) is 0 Å². The molecule has 1 aromatic carbocycles. The third-order valence-corrected chi connectivity index (χ3v) is 3.87. The zero-order valence-electron chi connectivity index (χ0n) is 11.4. The first-order chi connectivity index (χ1) is 10.1. The number of thiophene rings is 1. The first-order valence-electron chi connectivity index (χ1n) is 6.54. The van der Waals surface area contributed by atoms with Crippen molar-refractivity contribution < 1.29 is 14.3 Å². The molecule has 1 unspecified atom stereocenters. The molecule has 1 aliphatic rings. The Morgan fingerprint density at radius 2 is 2.29 bits per heavy atom. The van der Waals surface area contributed by atoms with Crippen molar-refractivity contribution in [1.82, 2.24) is 0 Å². The van der Waals surface area contributed by atoms with E-state index in [0.717, 1.165) is 5.56 Å². The largest absolute Gasteiger partial charge is 0.479 e. The Morgan fingerprint density at radius 1 is 1.43 bits per heavy atom. The van der Waals surface area contributed by atoms with Crippen LogP contribution in [0.5, 0.6) is 5.75 Å². The molecule has 0 saturated carbocycles. The predicted octanol–water partition coefficient (Wildman–Crippen LogP) is 2.65. The summed E-state index contributed by atoms with van der Waals surface area (Å²) in [5, 5.41) is 9.46. The Hall–Kier alpha value is -2.34. The third kappa shape index (κ3) is 3.05. The van der Waals surface area contributed by atoms with Crippen LogP contribution >= 0.6 is 11.3 Å². The van der Waals surface area contributed by atoms with Gasteiger partial charge in [-0.25, -0.2) is 0 Å². The summed E-state index contributed by atoms with van der Waals surface area (Å²) in [6.07, 6.45) is -0.169. The van der Waals surface area contributed by atoms with E-state index in [9.17, 15) is 9.59 Å². The summed E-state index contributed by atoms with van der Waals surface area (Å²) in [4.78, 5) is 23.5. The molecule has 0 saturated heterocycles. The third-order valence-electron chi connectivity index (χ3n) is 3.14. The summed E-state index contributed by atoms with van der Waals surface area (Å²) in [5.74, 6) is 0.326. The maximum atomic E-state index is 11.9. The highest BCUT2D eigenvalue weighted by Crippen LogP contribution is 2.32. The fourth-order valence-corrected chi connectivity index (χ4v) is 2.74. The molecule has 3 rings (SSSR count). The van der Waals surface area contributed by atoms with Gasteiger partial charge in [0.2, 0.25) is 5.91 Å². The van der Waals surface area contributed by atoms with Gasteiger partial charge in [-0.2, -0.15) is 11.3 Å². The fraction of sp³-hybridized carbons (Fsp3) is 0.200. The maximum Gasteiger partial charge on any atom is 0.265 e. The molecule has 108 valence electrons. The lowest BCUT2D eigenvalue weighted by Gasteiger charge is -2.23. The van der Waals surface area contributed by atoms with Gasteiger partial charge in [0.15, 0.2) is 6.10 Å². The average Bonchev–Trinajstić information content (AvgIpc) is 2.93. The van der Waals surface area contributed by atoms with E-state index in [-0.39, 0.29) is 11.8 Å². The lowest BCUT2D eigenvalue weighted by Crippen LogP contribution is -2.34. The number of hydrogen-bond donors (Lipinski definition) is 2. The van der Waals surface area contributed by atoms with E-state index >= 15 is 0 Å². The number of fused-ring (bicyclic) bond motifs is 1. The zero-order chi connectivity index (χ0) is 14.8. The van der Waals surface area contributed by atoms with Gasteiger partial charge in [-0.05, 0) is 47.5 Å². The highest BCUT2D eigenvalue weighted by atomic mass is 32.1. The molecule has 21 heavy (non-hydrogen) atoms. The molecule has 0 aliphatic carbocycles. The smallest absolute Gasteiger partial charge is 0.265 e. The first kappa shape index (κ1) is 13.6. The van der Waals surface area contributed by atoms with Gasteiger partial charge >= 0.3 is 0 Å². The van der Waals surface area contributed by atoms with E-state index in [1.807, 2.05) is 16.8 Å². The Labute approximate surface area is 125 Å². The van der Waals surface area contributed by atoms with Gasteiger partial charge in [-0.1, -0.05) is 0 Å². The van der Waals surface area contributed by atoms with Gasteiger partial charge in [0.25, 0.3) is 5.91 Å². The van der Waals surface area contributed by atoms with Gasteiger partial charge in [-0.15, -0.1) is 0 Å².